The average molecular weight is 367 g/mol. The molecule has 0 aliphatic heterocycles. The zero-order valence-corrected chi connectivity index (χ0v) is 12.9. The van der Waals surface area contributed by atoms with Gasteiger partial charge in [0.05, 0.1) is 5.54 Å². The highest BCUT2D eigenvalue weighted by atomic mass is 79.9. The third kappa shape index (κ3) is 4.07. The van der Waals surface area contributed by atoms with Gasteiger partial charge in [-0.3, -0.25) is 4.79 Å². The fraction of sp³-hybridized carbons (Fsp3) is 0.417. The predicted octanol–water partition coefficient (Wildman–Crippen LogP) is 3.41. The number of rotatable bonds is 4. The first kappa shape index (κ1) is 14.6. The summed E-state index contributed by atoms with van der Waals surface area (Å²) in [6.07, 6.45) is 0. The molecule has 1 N–H and O–H groups in total. The van der Waals surface area contributed by atoms with Crippen LogP contribution in [-0.2, 0) is 0 Å². The Morgan fingerprint density at radius 2 is 1.94 bits per heavy atom. The van der Waals surface area contributed by atoms with Crippen LogP contribution in [0.4, 0.5) is 4.39 Å². The second-order valence-corrected chi connectivity index (χ2v) is 5.42. The molecular formula is C12H14Br2FNO. The van der Waals surface area contributed by atoms with Crippen molar-refractivity contribution in [2.24, 2.45) is 0 Å². The van der Waals surface area contributed by atoms with Crippen LogP contribution < -0.4 is 5.32 Å². The van der Waals surface area contributed by atoms with Crippen molar-refractivity contribution in [2.45, 2.75) is 19.4 Å². The summed E-state index contributed by atoms with van der Waals surface area (Å²) in [6, 6.07) is 4.30. The minimum atomic E-state index is -0.394. The van der Waals surface area contributed by atoms with E-state index in [-0.39, 0.29) is 5.91 Å². The molecule has 0 radical (unpaired) electrons. The number of amides is 1. The number of halogens is 3. The smallest absolute Gasteiger partial charge is 0.251 e. The van der Waals surface area contributed by atoms with Gasteiger partial charge in [0.1, 0.15) is 5.82 Å². The van der Waals surface area contributed by atoms with Gasteiger partial charge in [-0.2, -0.15) is 0 Å². The number of nitrogens with one attached hydrogen (secondary N) is 1. The van der Waals surface area contributed by atoms with Crippen LogP contribution >= 0.6 is 31.9 Å². The van der Waals surface area contributed by atoms with E-state index in [0.29, 0.717) is 16.2 Å². The molecule has 0 fully saturated rings. The summed E-state index contributed by atoms with van der Waals surface area (Å²) in [6.45, 7) is 3.66. The first-order valence-electron chi connectivity index (χ1n) is 5.12. The number of hydrogen-bond donors (Lipinski definition) is 1. The Morgan fingerprint density at radius 1 is 1.35 bits per heavy atom. The lowest BCUT2D eigenvalue weighted by atomic mass is 10.1. The van der Waals surface area contributed by atoms with Crippen LogP contribution in [0.3, 0.4) is 0 Å². The Morgan fingerprint density at radius 3 is 2.41 bits per heavy atom. The van der Waals surface area contributed by atoms with E-state index in [0.717, 1.165) is 5.56 Å². The Kier molecular flexibility index (Phi) is 5.13. The summed E-state index contributed by atoms with van der Waals surface area (Å²) < 4.78 is 13.2. The summed E-state index contributed by atoms with van der Waals surface area (Å²) in [5.74, 6) is -0.663. The molecule has 1 rings (SSSR count). The number of carbonyl (C=O) groups excluding carboxylic acids is 1. The maximum atomic E-state index is 13.2. The lowest BCUT2D eigenvalue weighted by Gasteiger charge is -2.26. The molecule has 1 aromatic carbocycles. The molecule has 0 aliphatic rings. The summed E-state index contributed by atoms with van der Waals surface area (Å²) in [5, 5.41) is 4.10. The summed E-state index contributed by atoms with van der Waals surface area (Å²) in [4.78, 5) is 12.0. The molecule has 0 spiro atoms. The number of benzene rings is 1. The van der Waals surface area contributed by atoms with Gasteiger partial charge in [0, 0.05) is 16.2 Å². The summed E-state index contributed by atoms with van der Waals surface area (Å²) in [5.41, 5.74) is 0.683. The van der Waals surface area contributed by atoms with E-state index in [9.17, 15) is 9.18 Å². The van der Waals surface area contributed by atoms with Crippen LogP contribution in [0.1, 0.15) is 22.8 Å². The van der Waals surface area contributed by atoms with Gasteiger partial charge in [0.15, 0.2) is 0 Å². The first-order chi connectivity index (χ1) is 7.90. The lowest BCUT2D eigenvalue weighted by Crippen LogP contribution is -2.49. The maximum absolute atomic E-state index is 13.2. The fourth-order valence-electron chi connectivity index (χ4n) is 1.32. The van der Waals surface area contributed by atoms with Gasteiger partial charge >= 0.3 is 0 Å². The number of alkyl halides is 2. The molecule has 0 bridgehead atoms. The topological polar surface area (TPSA) is 29.1 Å². The van der Waals surface area contributed by atoms with Crippen LogP contribution in [0.2, 0.25) is 0 Å². The summed E-state index contributed by atoms with van der Waals surface area (Å²) >= 11 is 6.69. The molecule has 0 saturated carbocycles. The van der Waals surface area contributed by atoms with Crippen LogP contribution in [-0.4, -0.2) is 22.1 Å². The first-order valence-corrected chi connectivity index (χ1v) is 7.36. The van der Waals surface area contributed by atoms with E-state index in [1.165, 1.54) is 12.1 Å². The number of aryl methyl sites for hydroxylation is 1. The van der Waals surface area contributed by atoms with E-state index in [2.05, 4.69) is 37.2 Å². The third-order valence-electron chi connectivity index (χ3n) is 2.31. The van der Waals surface area contributed by atoms with Gasteiger partial charge in [0.2, 0.25) is 0 Å². The van der Waals surface area contributed by atoms with Gasteiger partial charge in [-0.25, -0.2) is 4.39 Å². The quantitative estimate of drug-likeness (QED) is 0.813. The van der Waals surface area contributed by atoms with Gasteiger partial charge in [0.25, 0.3) is 5.91 Å². The SMILES string of the molecule is Cc1cc(F)cc(C(=O)NC(C)(CBr)CBr)c1. The van der Waals surface area contributed by atoms with Crippen molar-refractivity contribution in [1.29, 1.82) is 0 Å². The molecule has 0 saturated heterocycles. The average Bonchev–Trinajstić information content (AvgIpc) is 2.27. The molecular weight excluding hydrogens is 353 g/mol. The molecule has 94 valence electrons. The van der Waals surface area contributed by atoms with Crippen LogP contribution in [0, 0.1) is 12.7 Å². The van der Waals surface area contributed by atoms with E-state index in [1.54, 1.807) is 13.0 Å². The standard InChI is InChI=1S/C12H14Br2FNO/c1-8-3-9(5-10(15)4-8)11(17)16-12(2,6-13)7-14/h3-5H,6-7H2,1-2H3,(H,16,17). The molecule has 1 amide bonds. The molecule has 0 unspecified atom stereocenters. The Labute approximate surface area is 117 Å². The highest BCUT2D eigenvalue weighted by Gasteiger charge is 2.24. The van der Waals surface area contributed by atoms with Crippen molar-refractivity contribution >= 4 is 37.8 Å². The van der Waals surface area contributed by atoms with Crippen molar-refractivity contribution in [2.75, 3.05) is 10.7 Å². The number of carbonyl (C=O) groups is 1. The summed E-state index contributed by atoms with van der Waals surface area (Å²) in [7, 11) is 0. The van der Waals surface area contributed by atoms with E-state index in [4.69, 9.17) is 0 Å². The van der Waals surface area contributed by atoms with Crippen molar-refractivity contribution in [3.05, 3.63) is 35.1 Å². The molecule has 0 aromatic heterocycles. The second kappa shape index (κ2) is 5.96. The Balaban J connectivity index is 2.90. The molecule has 0 aliphatic carbocycles. The van der Waals surface area contributed by atoms with Gasteiger partial charge in [-0.15, -0.1) is 0 Å². The van der Waals surface area contributed by atoms with Gasteiger partial charge in [-0.1, -0.05) is 31.9 Å². The third-order valence-corrected chi connectivity index (χ3v) is 4.78. The zero-order valence-electron chi connectivity index (χ0n) is 9.69. The second-order valence-electron chi connectivity index (χ2n) is 4.30. The molecule has 5 heteroatoms. The molecule has 2 nitrogen and oxygen atoms in total. The number of hydrogen-bond acceptors (Lipinski definition) is 1. The lowest BCUT2D eigenvalue weighted by molar-refractivity contribution is 0.0922. The van der Waals surface area contributed by atoms with E-state index < -0.39 is 11.4 Å². The van der Waals surface area contributed by atoms with Crippen molar-refractivity contribution in [3.8, 4) is 0 Å². The minimum absolute atomic E-state index is 0.269. The molecule has 17 heavy (non-hydrogen) atoms. The minimum Gasteiger partial charge on any atom is -0.345 e. The Hall–Kier alpha value is -0.420. The van der Waals surface area contributed by atoms with Gasteiger partial charge < -0.3 is 5.32 Å². The molecule has 1 aromatic rings. The van der Waals surface area contributed by atoms with E-state index >= 15 is 0 Å². The van der Waals surface area contributed by atoms with Crippen molar-refractivity contribution in [1.82, 2.24) is 5.32 Å². The molecule has 0 atom stereocenters. The van der Waals surface area contributed by atoms with Gasteiger partial charge in [-0.05, 0) is 37.6 Å². The molecule has 0 heterocycles. The largest absolute Gasteiger partial charge is 0.345 e. The fourth-order valence-corrected chi connectivity index (χ4v) is 2.53. The Bertz CT molecular complexity index is 399. The van der Waals surface area contributed by atoms with Crippen LogP contribution in [0.25, 0.3) is 0 Å². The van der Waals surface area contributed by atoms with Crippen molar-refractivity contribution in [3.63, 3.8) is 0 Å². The maximum Gasteiger partial charge on any atom is 0.251 e. The normalized spacial score (nSPS) is 11.4. The monoisotopic (exact) mass is 365 g/mol. The van der Waals surface area contributed by atoms with Crippen LogP contribution in [0.5, 0.6) is 0 Å². The predicted molar refractivity (Wildman–Crippen MR) is 74.6 cm³/mol. The zero-order chi connectivity index (χ0) is 13.1. The van der Waals surface area contributed by atoms with Crippen LogP contribution in [0.15, 0.2) is 18.2 Å². The van der Waals surface area contributed by atoms with Crippen molar-refractivity contribution < 1.29 is 9.18 Å². The highest BCUT2D eigenvalue weighted by Crippen LogP contribution is 2.14. The highest BCUT2D eigenvalue weighted by molar-refractivity contribution is 9.09. The van der Waals surface area contributed by atoms with E-state index in [1.807, 2.05) is 6.92 Å².